The Morgan fingerprint density at radius 1 is 1.15 bits per heavy atom. The second kappa shape index (κ2) is 8.55. The molecule has 138 valence electrons. The van der Waals surface area contributed by atoms with Gasteiger partial charge in [-0.05, 0) is 30.7 Å². The summed E-state index contributed by atoms with van der Waals surface area (Å²) in [6, 6.07) is 13.1. The molecule has 0 aliphatic heterocycles. The molecule has 27 heavy (non-hydrogen) atoms. The highest BCUT2D eigenvalue weighted by molar-refractivity contribution is 7.13. The van der Waals surface area contributed by atoms with E-state index in [1.165, 1.54) is 24.5 Å². The van der Waals surface area contributed by atoms with Gasteiger partial charge in [0.05, 0.1) is 24.1 Å². The number of nitrogens with one attached hydrogen (secondary N) is 1. The molecule has 0 aliphatic rings. The predicted molar refractivity (Wildman–Crippen MR) is 102 cm³/mol. The van der Waals surface area contributed by atoms with Crippen LogP contribution in [0.25, 0.3) is 10.6 Å². The quantitative estimate of drug-likeness (QED) is 0.643. The lowest BCUT2D eigenvalue weighted by Crippen LogP contribution is -2.15. The molecule has 1 N–H and O–H groups in total. The number of hydrogen-bond acceptors (Lipinski definition) is 5. The zero-order chi connectivity index (χ0) is 19.2. The van der Waals surface area contributed by atoms with E-state index >= 15 is 0 Å². The number of carbonyl (C=O) groups excluding carboxylic acids is 2. The van der Waals surface area contributed by atoms with E-state index in [0.717, 1.165) is 5.69 Å². The molecule has 0 unspecified atom stereocenters. The van der Waals surface area contributed by atoms with Crippen LogP contribution in [0.1, 0.15) is 22.5 Å². The number of ether oxygens (including phenoxy) is 1. The Morgan fingerprint density at radius 2 is 1.89 bits per heavy atom. The van der Waals surface area contributed by atoms with Crippen LogP contribution in [0, 0.1) is 5.82 Å². The van der Waals surface area contributed by atoms with Crippen molar-refractivity contribution in [3.05, 3.63) is 71.0 Å². The monoisotopic (exact) mass is 384 g/mol. The lowest BCUT2D eigenvalue weighted by Gasteiger charge is -2.09. The number of para-hydroxylation sites is 1. The summed E-state index contributed by atoms with van der Waals surface area (Å²) < 4.78 is 18.6. The predicted octanol–water partition coefficient (Wildman–Crippen LogP) is 4.31. The molecule has 3 aromatic rings. The van der Waals surface area contributed by atoms with E-state index in [-0.39, 0.29) is 18.1 Å². The van der Waals surface area contributed by atoms with E-state index < -0.39 is 5.97 Å². The van der Waals surface area contributed by atoms with Crippen LogP contribution in [0.15, 0.2) is 53.9 Å². The summed E-state index contributed by atoms with van der Waals surface area (Å²) in [7, 11) is 1.29. The SMILES string of the molecule is COC(=O)c1ccccc1NC(=O)CCc1csc(-c2ccccc2F)n1. The average molecular weight is 384 g/mol. The number of hydrogen-bond donors (Lipinski definition) is 1. The summed E-state index contributed by atoms with van der Waals surface area (Å²) in [5.74, 6) is -1.08. The Kier molecular flexibility index (Phi) is 5.93. The van der Waals surface area contributed by atoms with Crippen molar-refractivity contribution in [1.29, 1.82) is 0 Å². The summed E-state index contributed by atoms with van der Waals surface area (Å²) in [6.07, 6.45) is 0.604. The minimum atomic E-state index is -0.514. The zero-order valence-electron chi connectivity index (χ0n) is 14.6. The van der Waals surface area contributed by atoms with Crippen LogP contribution in [0.5, 0.6) is 0 Å². The molecule has 5 nitrogen and oxygen atoms in total. The highest BCUT2D eigenvalue weighted by Gasteiger charge is 2.14. The van der Waals surface area contributed by atoms with Crippen molar-refractivity contribution in [2.75, 3.05) is 12.4 Å². The fourth-order valence-corrected chi connectivity index (χ4v) is 3.40. The van der Waals surface area contributed by atoms with Gasteiger partial charge >= 0.3 is 5.97 Å². The minimum Gasteiger partial charge on any atom is -0.465 e. The van der Waals surface area contributed by atoms with E-state index in [1.807, 2.05) is 5.38 Å². The van der Waals surface area contributed by atoms with Gasteiger partial charge in [-0.3, -0.25) is 4.79 Å². The van der Waals surface area contributed by atoms with Gasteiger partial charge in [-0.15, -0.1) is 11.3 Å². The zero-order valence-corrected chi connectivity index (χ0v) is 15.4. The number of esters is 1. The van der Waals surface area contributed by atoms with Gasteiger partial charge < -0.3 is 10.1 Å². The Labute approximate surface area is 159 Å². The highest BCUT2D eigenvalue weighted by atomic mass is 32.1. The smallest absolute Gasteiger partial charge is 0.339 e. The minimum absolute atomic E-state index is 0.190. The number of carbonyl (C=O) groups is 2. The van der Waals surface area contributed by atoms with Crippen LogP contribution in [-0.4, -0.2) is 24.0 Å². The van der Waals surface area contributed by atoms with Gasteiger partial charge in [0.25, 0.3) is 0 Å². The largest absolute Gasteiger partial charge is 0.465 e. The first kappa shape index (κ1) is 18.7. The Bertz CT molecular complexity index is 971. The summed E-state index contributed by atoms with van der Waals surface area (Å²) in [4.78, 5) is 28.4. The maximum Gasteiger partial charge on any atom is 0.339 e. The first-order chi connectivity index (χ1) is 13.1. The van der Waals surface area contributed by atoms with Gasteiger partial charge in [-0.2, -0.15) is 0 Å². The average Bonchev–Trinajstić information content (AvgIpc) is 3.15. The summed E-state index contributed by atoms with van der Waals surface area (Å²) in [6.45, 7) is 0. The van der Waals surface area contributed by atoms with Crippen molar-refractivity contribution >= 4 is 28.9 Å². The number of thiazole rings is 1. The molecule has 0 fully saturated rings. The number of halogens is 1. The molecule has 1 aromatic heterocycles. The normalized spacial score (nSPS) is 10.4. The lowest BCUT2D eigenvalue weighted by atomic mass is 10.1. The van der Waals surface area contributed by atoms with Gasteiger partial charge in [0.15, 0.2) is 0 Å². The first-order valence-electron chi connectivity index (χ1n) is 8.25. The Balaban J connectivity index is 1.62. The molecule has 1 amide bonds. The first-order valence-corrected chi connectivity index (χ1v) is 9.13. The number of amides is 1. The van der Waals surface area contributed by atoms with E-state index in [4.69, 9.17) is 4.74 Å². The molecule has 2 aromatic carbocycles. The number of aryl methyl sites for hydroxylation is 1. The number of nitrogens with zero attached hydrogens (tertiary/aromatic N) is 1. The fourth-order valence-electron chi connectivity index (χ4n) is 2.51. The summed E-state index contributed by atoms with van der Waals surface area (Å²) in [5, 5.41) is 5.12. The van der Waals surface area contributed by atoms with Gasteiger partial charge in [0.1, 0.15) is 10.8 Å². The number of rotatable bonds is 6. The molecule has 0 saturated carbocycles. The molecule has 1 heterocycles. The van der Waals surface area contributed by atoms with E-state index in [1.54, 1.807) is 42.5 Å². The summed E-state index contributed by atoms with van der Waals surface area (Å²) >= 11 is 1.34. The van der Waals surface area contributed by atoms with Gasteiger partial charge in [0.2, 0.25) is 5.91 Å². The Hall–Kier alpha value is -3.06. The molecule has 0 spiro atoms. The number of methoxy groups -OCH3 is 1. The van der Waals surface area contributed by atoms with Gasteiger partial charge in [-0.25, -0.2) is 14.2 Å². The van der Waals surface area contributed by atoms with Crippen molar-refractivity contribution in [2.24, 2.45) is 0 Å². The van der Waals surface area contributed by atoms with Crippen LogP contribution in [0.2, 0.25) is 0 Å². The van der Waals surface area contributed by atoms with E-state index in [2.05, 4.69) is 10.3 Å². The topological polar surface area (TPSA) is 68.3 Å². The third-order valence-corrected chi connectivity index (χ3v) is 4.80. The third kappa shape index (κ3) is 4.57. The van der Waals surface area contributed by atoms with Crippen LogP contribution in [0.4, 0.5) is 10.1 Å². The molecule has 0 saturated heterocycles. The number of benzene rings is 2. The lowest BCUT2D eigenvalue weighted by molar-refractivity contribution is -0.116. The van der Waals surface area contributed by atoms with E-state index in [9.17, 15) is 14.0 Å². The number of anilines is 1. The molecular formula is C20H17FN2O3S. The van der Waals surface area contributed by atoms with Gasteiger partial charge in [0, 0.05) is 17.4 Å². The molecule has 0 aliphatic carbocycles. The highest BCUT2D eigenvalue weighted by Crippen LogP contribution is 2.26. The molecule has 0 bridgehead atoms. The maximum absolute atomic E-state index is 13.8. The molecule has 7 heteroatoms. The standard InChI is InChI=1S/C20H17FN2O3S/c1-26-20(25)15-7-3-5-9-17(15)23-18(24)11-10-13-12-27-19(22-13)14-6-2-4-8-16(14)21/h2-9,12H,10-11H2,1H3,(H,23,24). The summed E-state index contributed by atoms with van der Waals surface area (Å²) in [5.41, 5.74) is 1.86. The molecule has 0 atom stereocenters. The third-order valence-electron chi connectivity index (χ3n) is 3.87. The number of aromatic nitrogens is 1. The maximum atomic E-state index is 13.8. The van der Waals surface area contributed by atoms with Crippen molar-refractivity contribution in [2.45, 2.75) is 12.8 Å². The Morgan fingerprint density at radius 3 is 2.67 bits per heavy atom. The van der Waals surface area contributed by atoms with Crippen molar-refractivity contribution in [1.82, 2.24) is 4.98 Å². The molecular weight excluding hydrogens is 367 g/mol. The van der Waals surface area contributed by atoms with Crippen molar-refractivity contribution in [3.8, 4) is 10.6 Å². The van der Waals surface area contributed by atoms with Gasteiger partial charge in [-0.1, -0.05) is 24.3 Å². The van der Waals surface area contributed by atoms with Crippen molar-refractivity contribution < 1.29 is 18.7 Å². The van der Waals surface area contributed by atoms with Crippen LogP contribution < -0.4 is 5.32 Å². The van der Waals surface area contributed by atoms with Crippen LogP contribution in [0.3, 0.4) is 0 Å². The molecule has 3 rings (SSSR count). The molecule has 0 radical (unpaired) electrons. The van der Waals surface area contributed by atoms with Crippen LogP contribution in [-0.2, 0) is 16.0 Å². The van der Waals surface area contributed by atoms with Crippen molar-refractivity contribution in [3.63, 3.8) is 0 Å². The second-order valence-electron chi connectivity index (χ2n) is 5.71. The van der Waals surface area contributed by atoms with E-state index in [0.29, 0.717) is 28.2 Å². The van der Waals surface area contributed by atoms with Crippen LogP contribution >= 0.6 is 11.3 Å². The fraction of sp³-hybridized carbons (Fsp3) is 0.150. The second-order valence-corrected chi connectivity index (χ2v) is 6.57.